The second-order valence-corrected chi connectivity index (χ2v) is 4.92. The van der Waals surface area contributed by atoms with Gasteiger partial charge in [0, 0.05) is 18.8 Å². The summed E-state index contributed by atoms with van der Waals surface area (Å²) in [6, 6.07) is 6.35. The van der Waals surface area contributed by atoms with Crippen LogP contribution in [0.5, 0.6) is 0 Å². The molecular weight excluding hydrogens is 172 g/mol. The zero-order valence-corrected chi connectivity index (χ0v) is 9.54. The third kappa shape index (κ3) is 3.88. The first kappa shape index (κ1) is 11.2. The predicted molar refractivity (Wildman–Crippen MR) is 60.1 cm³/mol. The molecule has 0 aromatic carbocycles. The molecule has 1 unspecified atom stereocenters. The fourth-order valence-corrected chi connectivity index (χ4v) is 1.20. The molecule has 0 saturated heterocycles. The van der Waals surface area contributed by atoms with E-state index in [0.717, 1.165) is 12.2 Å². The van der Waals surface area contributed by atoms with E-state index in [1.165, 1.54) is 0 Å². The van der Waals surface area contributed by atoms with Gasteiger partial charge in [-0.2, -0.15) is 0 Å². The highest BCUT2D eigenvalue weighted by Crippen LogP contribution is 2.14. The summed E-state index contributed by atoms with van der Waals surface area (Å²) in [5, 5.41) is 3.48. The van der Waals surface area contributed by atoms with E-state index in [1.54, 1.807) is 0 Å². The van der Waals surface area contributed by atoms with Gasteiger partial charge in [-0.25, -0.2) is 0 Å². The molecule has 1 aromatic rings. The van der Waals surface area contributed by atoms with Crippen LogP contribution in [-0.4, -0.2) is 11.5 Å². The second kappa shape index (κ2) is 4.56. The highest BCUT2D eigenvalue weighted by molar-refractivity contribution is 5.07. The largest absolute Gasteiger partial charge is 0.308 e. The first-order valence-corrected chi connectivity index (χ1v) is 5.13. The molecule has 1 heterocycles. The lowest BCUT2D eigenvalue weighted by atomic mass is 9.96. The number of rotatable bonds is 3. The second-order valence-electron chi connectivity index (χ2n) is 4.92. The van der Waals surface area contributed by atoms with Gasteiger partial charge in [-0.1, -0.05) is 26.8 Å². The summed E-state index contributed by atoms with van der Waals surface area (Å²) in [5.74, 6) is 0. The molecule has 0 aliphatic rings. The normalized spacial score (nSPS) is 14.0. The standard InChI is InChI=1S/C12H20N2/c1-10(14-9-12(2,3)4)11-7-5-6-8-13-11/h5-8,10,14H,9H2,1-4H3. The Morgan fingerprint density at radius 2 is 2.07 bits per heavy atom. The van der Waals surface area contributed by atoms with E-state index in [-0.39, 0.29) is 0 Å². The first-order chi connectivity index (χ1) is 6.49. The van der Waals surface area contributed by atoms with Gasteiger partial charge < -0.3 is 5.32 Å². The Kier molecular flexibility index (Phi) is 3.64. The van der Waals surface area contributed by atoms with Crippen LogP contribution >= 0.6 is 0 Å². The van der Waals surface area contributed by atoms with Gasteiger partial charge in [-0.3, -0.25) is 4.98 Å². The molecule has 0 saturated carbocycles. The van der Waals surface area contributed by atoms with Gasteiger partial charge in [0.25, 0.3) is 0 Å². The number of aromatic nitrogens is 1. The SMILES string of the molecule is CC(NCC(C)(C)C)c1ccccn1. The smallest absolute Gasteiger partial charge is 0.0570 e. The number of nitrogens with one attached hydrogen (secondary N) is 1. The van der Waals surface area contributed by atoms with E-state index in [1.807, 2.05) is 18.3 Å². The van der Waals surface area contributed by atoms with Crippen molar-refractivity contribution in [2.75, 3.05) is 6.54 Å². The topological polar surface area (TPSA) is 24.9 Å². The summed E-state index contributed by atoms with van der Waals surface area (Å²) >= 11 is 0. The lowest BCUT2D eigenvalue weighted by Gasteiger charge is -2.22. The summed E-state index contributed by atoms with van der Waals surface area (Å²) in [5.41, 5.74) is 1.43. The summed E-state index contributed by atoms with van der Waals surface area (Å²) in [7, 11) is 0. The van der Waals surface area contributed by atoms with Gasteiger partial charge >= 0.3 is 0 Å². The molecule has 1 aromatic heterocycles. The molecule has 0 aliphatic heterocycles. The molecule has 0 fully saturated rings. The zero-order chi connectivity index (χ0) is 10.6. The average Bonchev–Trinajstić information content (AvgIpc) is 2.14. The summed E-state index contributed by atoms with van der Waals surface area (Å²) < 4.78 is 0. The Bertz CT molecular complexity index is 261. The Labute approximate surface area is 86.8 Å². The van der Waals surface area contributed by atoms with Crippen molar-refractivity contribution in [3.05, 3.63) is 30.1 Å². The van der Waals surface area contributed by atoms with E-state index in [2.05, 4.69) is 44.1 Å². The van der Waals surface area contributed by atoms with E-state index in [4.69, 9.17) is 0 Å². The first-order valence-electron chi connectivity index (χ1n) is 5.13. The molecule has 0 radical (unpaired) electrons. The molecule has 14 heavy (non-hydrogen) atoms. The van der Waals surface area contributed by atoms with Crippen molar-refractivity contribution in [2.45, 2.75) is 33.7 Å². The Balaban J connectivity index is 2.48. The Morgan fingerprint density at radius 1 is 1.36 bits per heavy atom. The molecule has 2 heteroatoms. The molecule has 78 valence electrons. The van der Waals surface area contributed by atoms with Crippen LogP contribution in [0.4, 0.5) is 0 Å². The summed E-state index contributed by atoms with van der Waals surface area (Å²) in [6.07, 6.45) is 1.84. The number of nitrogens with zero attached hydrogens (tertiary/aromatic N) is 1. The molecule has 0 spiro atoms. The maximum absolute atomic E-state index is 4.32. The average molecular weight is 192 g/mol. The fourth-order valence-electron chi connectivity index (χ4n) is 1.20. The molecule has 1 N–H and O–H groups in total. The van der Waals surface area contributed by atoms with Gasteiger partial charge in [0.15, 0.2) is 0 Å². The van der Waals surface area contributed by atoms with Crippen LogP contribution in [0, 0.1) is 5.41 Å². The van der Waals surface area contributed by atoms with Crippen LogP contribution in [-0.2, 0) is 0 Å². The van der Waals surface area contributed by atoms with Gasteiger partial charge in [0.05, 0.1) is 5.69 Å². The van der Waals surface area contributed by atoms with E-state index < -0.39 is 0 Å². The van der Waals surface area contributed by atoms with Crippen molar-refractivity contribution in [1.82, 2.24) is 10.3 Å². The molecule has 0 bridgehead atoms. The van der Waals surface area contributed by atoms with E-state index in [0.29, 0.717) is 11.5 Å². The third-order valence-electron chi connectivity index (χ3n) is 2.07. The highest BCUT2D eigenvalue weighted by atomic mass is 14.9. The minimum atomic E-state index is 0.322. The van der Waals surface area contributed by atoms with E-state index in [9.17, 15) is 0 Å². The number of hydrogen-bond donors (Lipinski definition) is 1. The van der Waals surface area contributed by atoms with Crippen molar-refractivity contribution in [3.63, 3.8) is 0 Å². The summed E-state index contributed by atoms with van der Waals surface area (Å²) in [4.78, 5) is 4.32. The van der Waals surface area contributed by atoms with Crippen molar-refractivity contribution < 1.29 is 0 Å². The minimum absolute atomic E-state index is 0.322. The molecule has 1 rings (SSSR count). The van der Waals surface area contributed by atoms with Gasteiger partial charge in [0.2, 0.25) is 0 Å². The lowest BCUT2D eigenvalue weighted by Crippen LogP contribution is -2.29. The summed E-state index contributed by atoms with van der Waals surface area (Å²) in [6.45, 7) is 9.83. The number of pyridine rings is 1. The van der Waals surface area contributed by atoms with Crippen molar-refractivity contribution in [3.8, 4) is 0 Å². The van der Waals surface area contributed by atoms with Crippen LogP contribution in [0.1, 0.15) is 39.4 Å². The number of hydrogen-bond acceptors (Lipinski definition) is 2. The van der Waals surface area contributed by atoms with Crippen molar-refractivity contribution in [2.24, 2.45) is 5.41 Å². The maximum Gasteiger partial charge on any atom is 0.0570 e. The highest BCUT2D eigenvalue weighted by Gasteiger charge is 2.12. The zero-order valence-electron chi connectivity index (χ0n) is 9.54. The quantitative estimate of drug-likeness (QED) is 0.796. The Morgan fingerprint density at radius 3 is 2.57 bits per heavy atom. The molecule has 0 amide bonds. The predicted octanol–water partition coefficient (Wildman–Crippen LogP) is 2.78. The molecule has 0 aliphatic carbocycles. The fraction of sp³-hybridized carbons (Fsp3) is 0.583. The van der Waals surface area contributed by atoms with Crippen LogP contribution < -0.4 is 5.32 Å². The molecule has 1 atom stereocenters. The van der Waals surface area contributed by atoms with Crippen molar-refractivity contribution >= 4 is 0 Å². The van der Waals surface area contributed by atoms with Crippen molar-refractivity contribution in [1.29, 1.82) is 0 Å². The maximum atomic E-state index is 4.32. The van der Waals surface area contributed by atoms with Crippen LogP contribution in [0.15, 0.2) is 24.4 Å². The van der Waals surface area contributed by atoms with Crippen LogP contribution in [0.25, 0.3) is 0 Å². The minimum Gasteiger partial charge on any atom is -0.308 e. The van der Waals surface area contributed by atoms with Gasteiger partial charge in [-0.05, 0) is 24.5 Å². The molecule has 2 nitrogen and oxygen atoms in total. The van der Waals surface area contributed by atoms with Gasteiger partial charge in [-0.15, -0.1) is 0 Å². The van der Waals surface area contributed by atoms with Crippen LogP contribution in [0.2, 0.25) is 0 Å². The third-order valence-corrected chi connectivity index (χ3v) is 2.07. The monoisotopic (exact) mass is 192 g/mol. The van der Waals surface area contributed by atoms with Gasteiger partial charge in [0.1, 0.15) is 0 Å². The van der Waals surface area contributed by atoms with E-state index >= 15 is 0 Å². The van der Waals surface area contributed by atoms with Crippen LogP contribution in [0.3, 0.4) is 0 Å². The molecular formula is C12H20N2. The lowest BCUT2D eigenvalue weighted by molar-refractivity contribution is 0.357. The Hall–Kier alpha value is -0.890.